The predicted molar refractivity (Wildman–Crippen MR) is 58.4 cm³/mol. The highest BCUT2D eigenvalue weighted by molar-refractivity contribution is 5.23. The Bertz CT molecular complexity index is 378. The Hall–Kier alpha value is -0.870. The van der Waals surface area contributed by atoms with Crippen molar-refractivity contribution in [2.24, 2.45) is 5.73 Å². The number of aromatic nitrogens is 2. The lowest BCUT2D eigenvalue weighted by atomic mass is 10.2. The fourth-order valence-electron chi connectivity index (χ4n) is 2.41. The number of imidazole rings is 1. The van der Waals surface area contributed by atoms with Gasteiger partial charge in [0.25, 0.3) is 0 Å². The quantitative estimate of drug-likeness (QED) is 0.773. The highest BCUT2D eigenvalue weighted by Crippen LogP contribution is 2.40. The Morgan fingerprint density at radius 3 is 2.87 bits per heavy atom. The van der Waals surface area contributed by atoms with Gasteiger partial charge in [-0.2, -0.15) is 0 Å². The van der Waals surface area contributed by atoms with Crippen LogP contribution in [0.25, 0.3) is 0 Å². The molecule has 0 radical (unpaired) electrons. The minimum absolute atomic E-state index is 0.579. The van der Waals surface area contributed by atoms with E-state index in [0.29, 0.717) is 6.54 Å². The molecule has 2 aliphatic rings. The van der Waals surface area contributed by atoms with E-state index in [1.807, 2.05) is 0 Å². The standard InChI is InChI=1S/C11H18N4/c1-14-4-5-15-10(7-14)9(6-12)13-11(15)8-2-3-8/h8H,2-7,12H2,1H3. The molecule has 4 nitrogen and oxygen atoms in total. The molecule has 0 saturated heterocycles. The van der Waals surface area contributed by atoms with Crippen LogP contribution in [0.4, 0.5) is 0 Å². The number of nitrogens with two attached hydrogens (primary N) is 1. The molecule has 4 heteroatoms. The van der Waals surface area contributed by atoms with Gasteiger partial charge in [-0.05, 0) is 19.9 Å². The van der Waals surface area contributed by atoms with E-state index in [2.05, 4.69) is 16.5 Å². The van der Waals surface area contributed by atoms with Crippen molar-refractivity contribution in [2.45, 2.75) is 38.4 Å². The van der Waals surface area contributed by atoms with Gasteiger partial charge in [-0.3, -0.25) is 4.90 Å². The molecule has 0 bridgehead atoms. The Morgan fingerprint density at radius 1 is 1.40 bits per heavy atom. The molecule has 15 heavy (non-hydrogen) atoms. The Balaban J connectivity index is 2.04. The summed E-state index contributed by atoms with van der Waals surface area (Å²) in [7, 11) is 2.16. The van der Waals surface area contributed by atoms with E-state index in [4.69, 9.17) is 10.7 Å². The number of rotatable bonds is 2. The zero-order chi connectivity index (χ0) is 10.4. The third kappa shape index (κ3) is 1.48. The van der Waals surface area contributed by atoms with Gasteiger partial charge in [0.1, 0.15) is 5.82 Å². The van der Waals surface area contributed by atoms with Gasteiger partial charge >= 0.3 is 0 Å². The number of hydrogen-bond acceptors (Lipinski definition) is 3. The summed E-state index contributed by atoms with van der Waals surface area (Å²) in [6.07, 6.45) is 2.63. The zero-order valence-corrected chi connectivity index (χ0v) is 9.24. The van der Waals surface area contributed by atoms with Crippen LogP contribution in [0.5, 0.6) is 0 Å². The maximum Gasteiger partial charge on any atom is 0.112 e. The second-order valence-corrected chi connectivity index (χ2v) is 4.73. The summed E-state index contributed by atoms with van der Waals surface area (Å²) >= 11 is 0. The van der Waals surface area contributed by atoms with Crippen LogP contribution in [0.1, 0.15) is 36.0 Å². The number of hydrogen-bond donors (Lipinski definition) is 1. The van der Waals surface area contributed by atoms with Gasteiger partial charge in [-0.15, -0.1) is 0 Å². The fraction of sp³-hybridized carbons (Fsp3) is 0.727. The first-order valence-corrected chi connectivity index (χ1v) is 5.76. The molecule has 2 N–H and O–H groups in total. The third-order valence-electron chi connectivity index (χ3n) is 3.45. The summed E-state index contributed by atoms with van der Waals surface area (Å²) in [6, 6.07) is 0. The summed E-state index contributed by atoms with van der Waals surface area (Å²) in [5.74, 6) is 2.03. The predicted octanol–water partition coefficient (Wildman–Crippen LogP) is 0.665. The average Bonchev–Trinajstić information content (AvgIpc) is 3.01. The smallest absolute Gasteiger partial charge is 0.112 e. The summed E-state index contributed by atoms with van der Waals surface area (Å²) in [4.78, 5) is 7.06. The molecule has 0 unspecified atom stereocenters. The normalized spacial score (nSPS) is 21.7. The molecule has 1 saturated carbocycles. The molecule has 1 fully saturated rings. The summed E-state index contributed by atoms with van der Waals surface area (Å²) < 4.78 is 2.42. The summed E-state index contributed by atoms with van der Waals surface area (Å²) in [6.45, 7) is 3.81. The van der Waals surface area contributed by atoms with Gasteiger partial charge in [0, 0.05) is 32.1 Å². The van der Waals surface area contributed by atoms with Crippen LogP contribution >= 0.6 is 0 Å². The molecule has 3 rings (SSSR count). The minimum Gasteiger partial charge on any atom is -0.329 e. The van der Waals surface area contributed by atoms with Crippen molar-refractivity contribution in [1.82, 2.24) is 14.5 Å². The van der Waals surface area contributed by atoms with Crippen LogP contribution in [-0.2, 0) is 19.6 Å². The van der Waals surface area contributed by atoms with Gasteiger partial charge < -0.3 is 10.3 Å². The summed E-state index contributed by atoms with van der Waals surface area (Å²) in [5.41, 5.74) is 8.23. The second-order valence-electron chi connectivity index (χ2n) is 4.73. The molecule has 0 spiro atoms. The Kier molecular flexibility index (Phi) is 2.07. The summed E-state index contributed by atoms with van der Waals surface area (Å²) in [5, 5.41) is 0. The van der Waals surface area contributed by atoms with E-state index >= 15 is 0 Å². The first-order chi connectivity index (χ1) is 7.29. The zero-order valence-electron chi connectivity index (χ0n) is 9.24. The monoisotopic (exact) mass is 206 g/mol. The Labute approximate surface area is 90.1 Å². The molecule has 0 atom stereocenters. The van der Waals surface area contributed by atoms with Crippen LogP contribution in [0.15, 0.2) is 0 Å². The molecule has 1 aromatic rings. The molecule has 1 aliphatic carbocycles. The lowest BCUT2D eigenvalue weighted by Crippen LogP contribution is -2.31. The van der Waals surface area contributed by atoms with E-state index in [-0.39, 0.29) is 0 Å². The van der Waals surface area contributed by atoms with Crippen LogP contribution in [0.3, 0.4) is 0 Å². The maximum absolute atomic E-state index is 5.76. The van der Waals surface area contributed by atoms with Crippen LogP contribution in [-0.4, -0.2) is 28.0 Å². The lowest BCUT2D eigenvalue weighted by molar-refractivity contribution is 0.266. The number of likely N-dealkylation sites (N-methyl/N-ethyl adjacent to an activating group) is 1. The first kappa shape index (κ1) is 9.36. The van der Waals surface area contributed by atoms with Crippen molar-refractivity contribution < 1.29 is 0 Å². The van der Waals surface area contributed by atoms with E-state index in [9.17, 15) is 0 Å². The van der Waals surface area contributed by atoms with Crippen molar-refractivity contribution in [3.05, 3.63) is 17.2 Å². The second kappa shape index (κ2) is 3.32. The third-order valence-corrected chi connectivity index (χ3v) is 3.45. The van der Waals surface area contributed by atoms with Crippen molar-refractivity contribution in [3.8, 4) is 0 Å². The van der Waals surface area contributed by atoms with Crippen molar-refractivity contribution in [1.29, 1.82) is 0 Å². The Morgan fingerprint density at radius 2 is 2.20 bits per heavy atom. The van der Waals surface area contributed by atoms with Crippen LogP contribution < -0.4 is 5.73 Å². The average molecular weight is 206 g/mol. The minimum atomic E-state index is 0.579. The van der Waals surface area contributed by atoms with Crippen LogP contribution in [0.2, 0.25) is 0 Å². The molecular formula is C11H18N4. The molecule has 0 aromatic carbocycles. The SMILES string of the molecule is CN1CCn2c(C3CC3)nc(CN)c2C1. The van der Waals surface area contributed by atoms with Gasteiger partial charge in [0.15, 0.2) is 0 Å². The van der Waals surface area contributed by atoms with Gasteiger partial charge in [0.05, 0.1) is 11.4 Å². The van der Waals surface area contributed by atoms with Crippen molar-refractivity contribution in [2.75, 3.05) is 13.6 Å². The molecule has 1 aliphatic heterocycles. The maximum atomic E-state index is 5.76. The number of nitrogens with zero attached hydrogens (tertiary/aromatic N) is 3. The van der Waals surface area contributed by atoms with Gasteiger partial charge in [-0.25, -0.2) is 4.98 Å². The number of fused-ring (bicyclic) bond motifs is 1. The van der Waals surface area contributed by atoms with Gasteiger partial charge in [0.2, 0.25) is 0 Å². The van der Waals surface area contributed by atoms with Gasteiger partial charge in [-0.1, -0.05) is 0 Å². The van der Waals surface area contributed by atoms with Crippen LogP contribution in [0, 0.1) is 0 Å². The van der Waals surface area contributed by atoms with Crippen molar-refractivity contribution >= 4 is 0 Å². The largest absolute Gasteiger partial charge is 0.329 e. The van der Waals surface area contributed by atoms with E-state index in [1.54, 1.807) is 0 Å². The fourth-order valence-corrected chi connectivity index (χ4v) is 2.41. The first-order valence-electron chi connectivity index (χ1n) is 5.76. The van der Waals surface area contributed by atoms with E-state index in [1.165, 1.54) is 24.4 Å². The molecule has 2 heterocycles. The van der Waals surface area contributed by atoms with E-state index in [0.717, 1.165) is 31.2 Å². The molecule has 82 valence electrons. The topological polar surface area (TPSA) is 47.1 Å². The highest BCUT2D eigenvalue weighted by atomic mass is 15.2. The molecular weight excluding hydrogens is 188 g/mol. The van der Waals surface area contributed by atoms with Crippen molar-refractivity contribution in [3.63, 3.8) is 0 Å². The molecule has 1 aromatic heterocycles. The van der Waals surface area contributed by atoms with E-state index < -0.39 is 0 Å². The highest BCUT2D eigenvalue weighted by Gasteiger charge is 2.32. The molecule has 0 amide bonds. The lowest BCUT2D eigenvalue weighted by Gasteiger charge is -2.25.